The third-order valence-corrected chi connectivity index (χ3v) is 4.50. The van der Waals surface area contributed by atoms with E-state index in [1.165, 1.54) is 0 Å². The van der Waals surface area contributed by atoms with Gasteiger partial charge < -0.3 is 5.73 Å². The minimum absolute atomic E-state index is 0.000269. The van der Waals surface area contributed by atoms with Crippen molar-refractivity contribution in [3.05, 3.63) is 0 Å². The molecule has 4 nitrogen and oxygen atoms in total. The topological polar surface area (TPSA) is 72.2 Å². The first-order chi connectivity index (χ1) is 6.81. The van der Waals surface area contributed by atoms with Gasteiger partial charge in [-0.15, -0.1) is 0 Å². The van der Waals surface area contributed by atoms with E-state index in [1.807, 2.05) is 20.8 Å². The first-order valence-electron chi connectivity index (χ1n) is 5.10. The summed E-state index contributed by atoms with van der Waals surface area (Å²) in [5.74, 6) is -0.274. The quantitative estimate of drug-likeness (QED) is 0.667. The normalized spacial score (nSPS) is 12.7. The first-order valence-corrected chi connectivity index (χ1v) is 7.16. The Kier molecular flexibility index (Phi) is 5.69. The molecule has 15 heavy (non-hydrogen) atoms. The molecule has 3 N–H and O–H groups in total. The molecule has 0 heterocycles. The Labute approximate surface area is 97.7 Å². The van der Waals surface area contributed by atoms with Crippen molar-refractivity contribution < 1.29 is 8.42 Å². The van der Waals surface area contributed by atoms with Gasteiger partial charge in [-0.3, -0.25) is 0 Å². The number of nitrogens with two attached hydrogens (primary N) is 1. The van der Waals surface area contributed by atoms with Crippen molar-refractivity contribution in [2.24, 2.45) is 5.73 Å². The van der Waals surface area contributed by atoms with E-state index < -0.39 is 10.0 Å². The maximum absolute atomic E-state index is 11.7. The van der Waals surface area contributed by atoms with Gasteiger partial charge in [-0.05, 0) is 19.3 Å². The van der Waals surface area contributed by atoms with Gasteiger partial charge in [-0.1, -0.05) is 33.0 Å². The van der Waals surface area contributed by atoms with Crippen molar-refractivity contribution in [3.63, 3.8) is 0 Å². The highest BCUT2D eigenvalue weighted by Gasteiger charge is 2.29. The molecule has 0 radical (unpaired) electrons. The molecule has 0 aliphatic carbocycles. The number of thiocarbonyl (C=S) groups is 1. The molecule has 0 fully saturated rings. The van der Waals surface area contributed by atoms with Crippen molar-refractivity contribution in [2.45, 2.75) is 45.6 Å². The van der Waals surface area contributed by atoms with Crippen molar-refractivity contribution >= 4 is 27.2 Å². The largest absolute Gasteiger partial charge is 0.392 e. The lowest BCUT2D eigenvalue weighted by Gasteiger charge is -2.31. The van der Waals surface area contributed by atoms with Crippen molar-refractivity contribution in [3.8, 4) is 0 Å². The predicted molar refractivity (Wildman–Crippen MR) is 67.3 cm³/mol. The van der Waals surface area contributed by atoms with Crippen LogP contribution in [-0.2, 0) is 10.0 Å². The van der Waals surface area contributed by atoms with E-state index in [4.69, 9.17) is 5.73 Å². The Balaban J connectivity index is 4.74. The van der Waals surface area contributed by atoms with E-state index in [0.29, 0.717) is 0 Å². The number of hydrogen-bond acceptors (Lipinski definition) is 3. The van der Waals surface area contributed by atoms with Crippen molar-refractivity contribution in [1.82, 2.24) is 4.72 Å². The molecule has 0 atom stereocenters. The van der Waals surface area contributed by atoms with Crippen LogP contribution in [0, 0.1) is 0 Å². The van der Waals surface area contributed by atoms with Crippen LogP contribution in [0.25, 0.3) is 0 Å². The molecule has 0 aliphatic rings. The van der Waals surface area contributed by atoms with Gasteiger partial charge in [-0.2, -0.15) is 0 Å². The molecule has 0 rings (SSSR count). The average Bonchev–Trinajstić information content (AvgIpc) is 2.12. The summed E-state index contributed by atoms with van der Waals surface area (Å²) in [7, 11) is -3.39. The minimum Gasteiger partial charge on any atom is -0.392 e. The highest BCUT2D eigenvalue weighted by Crippen LogP contribution is 2.20. The fourth-order valence-electron chi connectivity index (χ4n) is 1.52. The van der Waals surface area contributed by atoms with Gasteiger partial charge in [-0.25, -0.2) is 13.1 Å². The average molecular weight is 252 g/mol. The zero-order chi connectivity index (χ0) is 12.1. The van der Waals surface area contributed by atoms with Crippen LogP contribution in [0.5, 0.6) is 0 Å². The second kappa shape index (κ2) is 5.77. The van der Waals surface area contributed by atoms with E-state index in [9.17, 15) is 8.42 Å². The SMILES string of the molecule is CCC(CC)(CC)NS(=O)(=O)CC(N)=S. The fraction of sp³-hybridized carbons (Fsp3) is 0.889. The molecule has 0 unspecified atom stereocenters. The van der Waals surface area contributed by atoms with Crippen molar-refractivity contribution in [2.75, 3.05) is 5.75 Å². The second-order valence-electron chi connectivity index (χ2n) is 3.67. The molecule has 0 aliphatic heterocycles. The summed E-state index contributed by atoms with van der Waals surface area (Å²) in [4.78, 5) is -0.000269. The monoisotopic (exact) mass is 252 g/mol. The van der Waals surface area contributed by atoms with Gasteiger partial charge in [0.05, 0.1) is 4.99 Å². The lowest BCUT2D eigenvalue weighted by atomic mass is 9.91. The Morgan fingerprint density at radius 1 is 1.27 bits per heavy atom. The summed E-state index contributed by atoms with van der Waals surface area (Å²) in [6, 6.07) is 0. The van der Waals surface area contributed by atoms with E-state index >= 15 is 0 Å². The van der Waals surface area contributed by atoms with Gasteiger partial charge in [0.25, 0.3) is 0 Å². The maximum Gasteiger partial charge on any atom is 0.218 e. The third-order valence-electron chi connectivity index (χ3n) is 2.73. The van der Waals surface area contributed by atoms with E-state index in [2.05, 4.69) is 16.9 Å². The van der Waals surface area contributed by atoms with Crippen LogP contribution in [0.2, 0.25) is 0 Å². The summed E-state index contributed by atoms with van der Waals surface area (Å²) in [6.45, 7) is 5.91. The Bertz CT molecular complexity index is 300. The smallest absolute Gasteiger partial charge is 0.218 e. The Morgan fingerprint density at radius 3 is 1.93 bits per heavy atom. The van der Waals surface area contributed by atoms with Crippen LogP contribution in [0.3, 0.4) is 0 Å². The molecule has 0 bridgehead atoms. The number of rotatable bonds is 7. The van der Waals surface area contributed by atoms with Gasteiger partial charge in [0.15, 0.2) is 0 Å². The molecule has 0 aromatic heterocycles. The molecule has 0 saturated carbocycles. The van der Waals surface area contributed by atoms with Crippen LogP contribution in [0.4, 0.5) is 0 Å². The van der Waals surface area contributed by atoms with E-state index in [1.54, 1.807) is 0 Å². The zero-order valence-corrected chi connectivity index (χ0v) is 11.2. The second-order valence-corrected chi connectivity index (χ2v) is 5.92. The summed E-state index contributed by atoms with van der Waals surface area (Å²) in [5.41, 5.74) is 4.88. The van der Waals surface area contributed by atoms with Gasteiger partial charge in [0, 0.05) is 5.54 Å². The first kappa shape index (κ1) is 14.8. The standard InChI is InChI=1S/C9H20N2O2S2/c1-4-9(5-2,6-3)11-15(12,13)7-8(10)14/h11H,4-7H2,1-3H3,(H2,10,14). The summed E-state index contributed by atoms with van der Waals surface area (Å²) >= 11 is 4.60. The Morgan fingerprint density at radius 2 is 1.67 bits per heavy atom. The zero-order valence-electron chi connectivity index (χ0n) is 9.54. The van der Waals surface area contributed by atoms with Crippen LogP contribution >= 0.6 is 12.2 Å². The predicted octanol–water partition coefficient (Wildman–Crippen LogP) is 1.16. The molecule has 0 spiro atoms. The number of sulfonamides is 1. The van der Waals surface area contributed by atoms with E-state index in [-0.39, 0.29) is 16.3 Å². The van der Waals surface area contributed by atoms with Gasteiger partial charge >= 0.3 is 0 Å². The summed E-state index contributed by atoms with van der Waals surface area (Å²) < 4.78 is 26.0. The molecule has 90 valence electrons. The molecular formula is C9H20N2O2S2. The summed E-state index contributed by atoms with van der Waals surface area (Å²) in [6.07, 6.45) is 2.28. The third kappa shape index (κ3) is 4.90. The molecule has 0 saturated heterocycles. The van der Waals surface area contributed by atoms with Crippen molar-refractivity contribution in [1.29, 1.82) is 0 Å². The van der Waals surface area contributed by atoms with Crippen LogP contribution in [-0.4, -0.2) is 24.7 Å². The molecule has 0 aromatic carbocycles. The lowest BCUT2D eigenvalue weighted by molar-refractivity contribution is 0.342. The maximum atomic E-state index is 11.7. The molecular weight excluding hydrogens is 232 g/mol. The molecule has 0 aromatic rings. The highest BCUT2D eigenvalue weighted by molar-refractivity contribution is 7.92. The van der Waals surface area contributed by atoms with Crippen LogP contribution in [0.15, 0.2) is 0 Å². The Hall–Kier alpha value is -0.200. The molecule has 6 heteroatoms. The lowest BCUT2D eigenvalue weighted by Crippen LogP contribution is -2.49. The van der Waals surface area contributed by atoms with Gasteiger partial charge in [0.2, 0.25) is 10.0 Å². The van der Waals surface area contributed by atoms with Crippen LogP contribution in [0.1, 0.15) is 40.0 Å². The number of hydrogen-bond donors (Lipinski definition) is 2. The molecule has 0 amide bonds. The highest BCUT2D eigenvalue weighted by atomic mass is 32.2. The van der Waals surface area contributed by atoms with Crippen LogP contribution < -0.4 is 10.5 Å². The van der Waals surface area contributed by atoms with Gasteiger partial charge in [0.1, 0.15) is 5.75 Å². The van der Waals surface area contributed by atoms with E-state index in [0.717, 1.165) is 19.3 Å². The minimum atomic E-state index is -3.39. The number of nitrogens with one attached hydrogen (secondary N) is 1. The summed E-state index contributed by atoms with van der Waals surface area (Å²) in [5, 5.41) is 0. The fourth-order valence-corrected chi connectivity index (χ4v) is 3.52.